The summed E-state index contributed by atoms with van der Waals surface area (Å²) < 4.78 is 0. The van der Waals surface area contributed by atoms with E-state index in [1.165, 1.54) is 12.8 Å². The first-order valence-electron chi connectivity index (χ1n) is 3.90. The van der Waals surface area contributed by atoms with Gasteiger partial charge in [-0.05, 0) is 25.2 Å². The van der Waals surface area contributed by atoms with Crippen molar-refractivity contribution >= 4 is 18.3 Å². The fourth-order valence-corrected chi connectivity index (χ4v) is 2.28. The first-order valence-corrected chi connectivity index (χ1v) is 6.84. The Morgan fingerprint density at radius 2 is 2.09 bits per heavy atom. The summed E-state index contributed by atoms with van der Waals surface area (Å²) >= 11 is 4.87. The van der Waals surface area contributed by atoms with Gasteiger partial charge >= 0.3 is 0 Å². The minimum absolute atomic E-state index is 0.357. The zero-order chi connectivity index (χ0) is 8.91. The van der Waals surface area contributed by atoms with Crippen LogP contribution in [0.4, 0.5) is 0 Å². The Morgan fingerprint density at radius 3 is 2.45 bits per heavy atom. The Hall–Kier alpha value is 0.530. The first-order chi connectivity index (χ1) is 4.95. The third-order valence-electron chi connectivity index (χ3n) is 1.41. The molecular formula is C6H18N3PS. The Bertz CT molecular complexity index is 145. The zero-order valence-corrected chi connectivity index (χ0v) is 8.92. The van der Waals surface area contributed by atoms with Gasteiger partial charge in [0.05, 0.1) is 0 Å². The van der Waals surface area contributed by atoms with Crippen LogP contribution in [-0.2, 0) is 11.8 Å². The van der Waals surface area contributed by atoms with Crippen LogP contribution in [0.25, 0.3) is 0 Å². The van der Waals surface area contributed by atoms with Crippen LogP contribution < -0.4 is 16.1 Å². The van der Waals surface area contributed by atoms with Crippen LogP contribution in [0.15, 0.2) is 0 Å². The van der Waals surface area contributed by atoms with E-state index >= 15 is 0 Å². The fourth-order valence-electron chi connectivity index (χ4n) is 0.919. The van der Waals surface area contributed by atoms with Gasteiger partial charge in [-0.25, -0.2) is 0 Å². The van der Waals surface area contributed by atoms with E-state index in [0.717, 1.165) is 6.42 Å². The predicted molar refractivity (Wildman–Crippen MR) is 54.8 cm³/mol. The fraction of sp³-hybridized carbons (Fsp3) is 1.00. The summed E-state index contributed by atoms with van der Waals surface area (Å²) in [6.07, 6.45) is 3.50. The molecule has 0 rings (SSSR count). The van der Waals surface area contributed by atoms with Gasteiger partial charge in [-0.3, -0.25) is 16.1 Å². The van der Waals surface area contributed by atoms with E-state index in [0.29, 0.717) is 6.04 Å². The van der Waals surface area contributed by atoms with Crippen LogP contribution >= 0.6 is 6.49 Å². The maximum absolute atomic E-state index is 5.50. The summed E-state index contributed by atoms with van der Waals surface area (Å²) in [5, 5.41) is 3.04. The highest BCUT2D eigenvalue weighted by Gasteiger charge is 2.07. The third kappa shape index (κ3) is 8.44. The van der Waals surface area contributed by atoms with Gasteiger partial charge in [-0.1, -0.05) is 19.8 Å². The smallest absolute Gasteiger partial charge is 0.132 e. The van der Waals surface area contributed by atoms with Crippen LogP contribution in [0, 0.1) is 0 Å². The molecule has 0 saturated heterocycles. The van der Waals surface area contributed by atoms with Crippen molar-refractivity contribution in [3.8, 4) is 0 Å². The van der Waals surface area contributed by atoms with Crippen molar-refractivity contribution in [3.63, 3.8) is 0 Å². The van der Waals surface area contributed by atoms with E-state index in [4.69, 9.17) is 22.8 Å². The Labute approximate surface area is 74.1 Å². The Balaban J connectivity index is 3.52. The van der Waals surface area contributed by atoms with Crippen molar-refractivity contribution in [2.24, 2.45) is 11.0 Å². The molecule has 3 nitrogen and oxygen atoms in total. The average molecular weight is 195 g/mol. The molecule has 5 heteroatoms. The minimum Gasteiger partial charge on any atom is -0.280 e. The van der Waals surface area contributed by atoms with Crippen molar-refractivity contribution in [1.29, 1.82) is 0 Å². The second kappa shape index (κ2) is 5.22. The molecule has 0 spiro atoms. The van der Waals surface area contributed by atoms with Gasteiger partial charge in [-0.2, -0.15) is 0 Å². The molecule has 0 aliphatic carbocycles. The van der Waals surface area contributed by atoms with Crippen molar-refractivity contribution in [2.45, 2.75) is 39.2 Å². The Morgan fingerprint density at radius 1 is 1.55 bits per heavy atom. The average Bonchev–Trinajstić information content (AvgIpc) is 1.79. The molecule has 11 heavy (non-hydrogen) atoms. The predicted octanol–water partition coefficient (Wildman–Crippen LogP) is 1.30. The first kappa shape index (κ1) is 11.5. The highest BCUT2D eigenvalue weighted by molar-refractivity contribution is 8.11. The van der Waals surface area contributed by atoms with Gasteiger partial charge in [0.1, 0.15) is 6.49 Å². The molecule has 0 aromatic heterocycles. The molecule has 0 heterocycles. The summed E-state index contributed by atoms with van der Waals surface area (Å²) in [4.78, 5) is 0. The van der Waals surface area contributed by atoms with Crippen LogP contribution in [0.3, 0.4) is 0 Å². The molecule has 0 bridgehead atoms. The lowest BCUT2D eigenvalue weighted by atomic mass is 10.2. The molecule has 1 atom stereocenters. The molecule has 0 aliphatic rings. The van der Waals surface area contributed by atoms with Gasteiger partial charge in [0.25, 0.3) is 0 Å². The number of hydrogen-bond acceptors (Lipinski definition) is 1. The normalized spacial score (nSPS) is 14.9. The van der Waals surface area contributed by atoms with E-state index in [1.807, 2.05) is 0 Å². The highest BCUT2D eigenvalue weighted by Crippen LogP contribution is 2.20. The van der Waals surface area contributed by atoms with Crippen LogP contribution in [0.1, 0.15) is 33.1 Å². The molecule has 0 radical (unpaired) electrons. The van der Waals surface area contributed by atoms with E-state index in [1.54, 1.807) is 0 Å². The summed E-state index contributed by atoms with van der Waals surface area (Å²) in [7, 11) is 0. The molecule has 0 aliphatic heterocycles. The minimum atomic E-state index is -2.18. The van der Waals surface area contributed by atoms with Gasteiger partial charge < -0.3 is 0 Å². The van der Waals surface area contributed by atoms with E-state index in [2.05, 4.69) is 18.9 Å². The second-order valence-electron chi connectivity index (χ2n) is 2.88. The quantitative estimate of drug-likeness (QED) is 0.578. The molecule has 0 aromatic carbocycles. The SMILES string of the molecule is CCCCC(C)NP(N)(N)=S. The highest BCUT2D eigenvalue weighted by atomic mass is 32.4. The van der Waals surface area contributed by atoms with Crippen LogP contribution in [-0.4, -0.2) is 6.04 Å². The maximum atomic E-state index is 5.50. The molecule has 0 aromatic rings. The molecule has 0 saturated carbocycles. The summed E-state index contributed by atoms with van der Waals surface area (Å²) in [5.74, 6) is 0. The van der Waals surface area contributed by atoms with Crippen LogP contribution in [0.2, 0.25) is 0 Å². The standard InChI is InChI=1S/C6H18N3PS/c1-3-4-5-6(2)9-10(7,8)11/h6H,3-5H2,1-2H3,(H5,7,8,9,11). The van der Waals surface area contributed by atoms with E-state index in [9.17, 15) is 0 Å². The van der Waals surface area contributed by atoms with E-state index < -0.39 is 6.49 Å². The molecule has 0 amide bonds. The summed E-state index contributed by atoms with van der Waals surface area (Å²) in [5.41, 5.74) is 11.0. The number of nitrogens with one attached hydrogen (secondary N) is 1. The molecular weight excluding hydrogens is 177 g/mol. The number of rotatable bonds is 5. The van der Waals surface area contributed by atoms with Crippen LogP contribution in [0.5, 0.6) is 0 Å². The molecule has 1 unspecified atom stereocenters. The topological polar surface area (TPSA) is 64.1 Å². The lowest BCUT2D eigenvalue weighted by Crippen LogP contribution is -2.30. The lowest BCUT2D eigenvalue weighted by molar-refractivity contribution is 0.582. The lowest BCUT2D eigenvalue weighted by Gasteiger charge is -2.18. The third-order valence-corrected chi connectivity index (χ3v) is 2.57. The van der Waals surface area contributed by atoms with Crippen molar-refractivity contribution in [2.75, 3.05) is 0 Å². The van der Waals surface area contributed by atoms with E-state index in [-0.39, 0.29) is 0 Å². The summed E-state index contributed by atoms with van der Waals surface area (Å²) in [6, 6.07) is 0.357. The maximum Gasteiger partial charge on any atom is 0.132 e. The number of hydrogen-bond donors (Lipinski definition) is 3. The second-order valence-corrected chi connectivity index (χ2v) is 6.37. The largest absolute Gasteiger partial charge is 0.280 e. The van der Waals surface area contributed by atoms with Crippen molar-refractivity contribution < 1.29 is 0 Å². The van der Waals surface area contributed by atoms with Gasteiger partial charge in [-0.15, -0.1) is 0 Å². The number of nitrogens with two attached hydrogens (primary N) is 2. The Kier molecular flexibility index (Phi) is 5.48. The zero-order valence-electron chi connectivity index (χ0n) is 7.21. The van der Waals surface area contributed by atoms with Gasteiger partial charge in [0, 0.05) is 6.04 Å². The number of unbranched alkanes of at least 4 members (excludes halogenated alkanes) is 1. The molecule has 0 fully saturated rings. The van der Waals surface area contributed by atoms with Gasteiger partial charge in [0.2, 0.25) is 0 Å². The van der Waals surface area contributed by atoms with Crippen molar-refractivity contribution in [1.82, 2.24) is 5.09 Å². The van der Waals surface area contributed by atoms with Crippen molar-refractivity contribution in [3.05, 3.63) is 0 Å². The molecule has 68 valence electrons. The molecule has 5 N–H and O–H groups in total. The monoisotopic (exact) mass is 195 g/mol. The summed E-state index contributed by atoms with van der Waals surface area (Å²) in [6.45, 7) is 2.05. The van der Waals surface area contributed by atoms with Gasteiger partial charge in [0.15, 0.2) is 0 Å².